The molecular formula is C16H13NO. The number of nitrogens with zero attached hydrogens (tertiary/aromatic N) is 1. The van der Waals surface area contributed by atoms with Gasteiger partial charge in [-0.15, -0.1) is 0 Å². The van der Waals surface area contributed by atoms with E-state index in [4.69, 9.17) is 0 Å². The van der Waals surface area contributed by atoms with Crippen LogP contribution >= 0.6 is 0 Å². The fourth-order valence-electron chi connectivity index (χ4n) is 2.15. The molecule has 0 amide bonds. The summed E-state index contributed by atoms with van der Waals surface area (Å²) in [5.41, 5.74) is 5.44. The van der Waals surface area contributed by atoms with Crippen molar-refractivity contribution < 1.29 is 5.11 Å². The number of rotatable bonds is 1. The van der Waals surface area contributed by atoms with E-state index in [1.165, 1.54) is 5.56 Å². The molecule has 0 aromatic heterocycles. The molecule has 0 unspecified atom stereocenters. The van der Waals surface area contributed by atoms with Crippen LogP contribution in [0.1, 0.15) is 18.1 Å². The molecule has 1 N–H and O–H groups in total. The Morgan fingerprint density at radius 2 is 1.72 bits per heavy atom. The van der Waals surface area contributed by atoms with Crippen LogP contribution in [0.4, 0.5) is 5.69 Å². The summed E-state index contributed by atoms with van der Waals surface area (Å²) in [7, 11) is 0. The van der Waals surface area contributed by atoms with Crippen molar-refractivity contribution in [1.29, 1.82) is 0 Å². The summed E-state index contributed by atoms with van der Waals surface area (Å²) in [6.45, 7) is 2.02. The second-order valence-electron chi connectivity index (χ2n) is 4.36. The highest BCUT2D eigenvalue weighted by atomic mass is 16.3. The van der Waals surface area contributed by atoms with Crippen molar-refractivity contribution in [2.45, 2.75) is 6.92 Å². The van der Waals surface area contributed by atoms with Crippen molar-refractivity contribution in [3.8, 4) is 5.75 Å². The highest BCUT2D eigenvalue weighted by Gasteiger charge is 2.16. The summed E-state index contributed by atoms with van der Waals surface area (Å²) < 4.78 is 0. The van der Waals surface area contributed by atoms with Gasteiger partial charge in [0, 0.05) is 16.8 Å². The molecule has 3 rings (SSSR count). The van der Waals surface area contributed by atoms with E-state index in [0.29, 0.717) is 0 Å². The summed E-state index contributed by atoms with van der Waals surface area (Å²) >= 11 is 0. The van der Waals surface area contributed by atoms with Gasteiger partial charge < -0.3 is 5.11 Å². The monoisotopic (exact) mass is 235 g/mol. The molecule has 0 atom stereocenters. The molecule has 0 saturated carbocycles. The Labute approximate surface area is 106 Å². The molecule has 18 heavy (non-hydrogen) atoms. The number of benzene rings is 2. The standard InChI is InChI=1S/C16H13NO/c1-11-15(10-12-6-8-13(18)9-7-12)14-4-2-3-5-16(14)17-11/h2-10,18H,1H3/b15-10+. The zero-order chi connectivity index (χ0) is 12.5. The van der Waals surface area contributed by atoms with Gasteiger partial charge in [0.15, 0.2) is 0 Å². The van der Waals surface area contributed by atoms with Gasteiger partial charge in [0.25, 0.3) is 0 Å². The predicted octanol–water partition coefficient (Wildman–Crippen LogP) is 4.04. The van der Waals surface area contributed by atoms with Crippen molar-refractivity contribution in [2.24, 2.45) is 4.99 Å². The van der Waals surface area contributed by atoms with Gasteiger partial charge in [-0.3, -0.25) is 4.99 Å². The Morgan fingerprint density at radius 3 is 2.50 bits per heavy atom. The topological polar surface area (TPSA) is 32.6 Å². The highest BCUT2D eigenvalue weighted by molar-refractivity contribution is 6.31. The number of aliphatic imine (C=N–C) groups is 1. The number of para-hydroxylation sites is 1. The van der Waals surface area contributed by atoms with E-state index in [1.54, 1.807) is 12.1 Å². The van der Waals surface area contributed by atoms with Gasteiger partial charge in [0.05, 0.1) is 5.69 Å². The van der Waals surface area contributed by atoms with E-state index in [0.717, 1.165) is 22.5 Å². The molecule has 0 bridgehead atoms. The molecule has 88 valence electrons. The van der Waals surface area contributed by atoms with Crippen molar-refractivity contribution in [1.82, 2.24) is 0 Å². The van der Waals surface area contributed by atoms with Gasteiger partial charge in [-0.1, -0.05) is 30.3 Å². The van der Waals surface area contributed by atoms with E-state index in [2.05, 4.69) is 17.1 Å². The lowest BCUT2D eigenvalue weighted by atomic mass is 10.0. The molecule has 2 aromatic rings. The maximum atomic E-state index is 9.28. The Morgan fingerprint density at radius 1 is 1.00 bits per heavy atom. The smallest absolute Gasteiger partial charge is 0.115 e. The highest BCUT2D eigenvalue weighted by Crippen LogP contribution is 2.35. The first kappa shape index (κ1) is 10.8. The van der Waals surface area contributed by atoms with Crippen LogP contribution in [0.15, 0.2) is 53.5 Å². The van der Waals surface area contributed by atoms with Gasteiger partial charge in [-0.05, 0) is 36.8 Å². The Kier molecular flexibility index (Phi) is 2.49. The molecule has 1 aliphatic rings. The molecule has 1 heterocycles. The minimum absolute atomic E-state index is 0.286. The third kappa shape index (κ3) is 1.82. The average Bonchev–Trinajstić information content (AvgIpc) is 2.69. The van der Waals surface area contributed by atoms with Crippen LogP contribution in [0.3, 0.4) is 0 Å². The molecule has 0 fully saturated rings. The largest absolute Gasteiger partial charge is 0.508 e. The SMILES string of the molecule is CC1=Nc2ccccc2/C1=C/c1ccc(O)cc1. The maximum Gasteiger partial charge on any atom is 0.115 e. The van der Waals surface area contributed by atoms with E-state index >= 15 is 0 Å². The lowest BCUT2D eigenvalue weighted by Gasteiger charge is -2.02. The minimum Gasteiger partial charge on any atom is -0.508 e. The second-order valence-corrected chi connectivity index (χ2v) is 4.36. The van der Waals surface area contributed by atoms with Crippen LogP contribution in [0, 0.1) is 0 Å². The number of aromatic hydroxyl groups is 1. The van der Waals surface area contributed by atoms with Crippen LogP contribution in [0.25, 0.3) is 11.6 Å². The van der Waals surface area contributed by atoms with Crippen molar-refractivity contribution in [3.05, 3.63) is 59.7 Å². The number of allylic oxidation sites excluding steroid dienone is 1. The molecular weight excluding hydrogens is 222 g/mol. The Hall–Kier alpha value is -2.35. The number of phenols is 1. The number of hydrogen-bond acceptors (Lipinski definition) is 2. The number of phenolic OH excluding ortho intramolecular Hbond substituents is 1. The fraction of sp³-hybridized carbons (Fsp3) is 0.0625. The van der Waals surface area contributed by atoms with E-state index < -0.39 is 0 Å². The van der Waals surface area contributed by atoms with Crippen LogP contribution in [-0.2, 0) is 0 Å². The summed E-state index contributed by atoms with van der Waals surface area (Å²) in [6.07, 6.45) is 2.10. The molecule has 0 saturated heterocycles. The van der Waals surface area contributed by atoms with E-state index in [-0.39, 0.29) is 5.75 Å². The van der Waals surface area contributed by atoms with Crippen molar-refractivity contribution in [3.63, 3.8) is 0 Å². The molecule has 2 heteroatoms. The van der Waals surface area contributed by atoms with Gasteiger partial charge in [0.2, 0.25) is 0 Å². The first-order valence-electron chi connectivity index (χ1n) is 5.90. The lowest BCUT2D eigenvalue weighted by molar-refractivity contribution is 0.475. The third-order valence-corrected chi connectivity index (χ3v) is 3.08. The molecule has 1 aliphatic heterocycles. The predicted molar refractivity (Wildman–Crippen MR) is 75.2 cm³/mol. The normalized spacial score (nSPS) is 15.6. The van der Waals surface area contributed by atoms with Crippen LogP contribution in [0.2, 0.25) is 0 Å². The van der Waals surface area contributed by atoms with Crippen LogP contribution in [-0.4, -0.2) is 10.8 Å². The van der Waals surface area contributed by atoms with Crippen molar-refractivity contribution in [2.75, 3.05) is 0 Å². The lowest BCUT2D eigenvalue weighted by Crippen LogP contribution is -1.89. The number of hydrogen-bond donors (Lipinski definition) is 1. The molecule has 0 spiro atoms. The molecule has 0 aliphatic carbocycles. The summed E-state index contributed by atoms with van der Waals surface area (Å²) in [5, 5.41) is 9.28. The zero-order valence-electron chi connectivity index (χ0n) is 10.1. The minimum atomic E-state index is 0.286. The summed E-state index contributed by atoms with van der Waals surface area (Å²) in [5.74, 6) is 0.286. The van der Waals surface area contributed by atoms with Crippen LogP contribution < -0.4 is 0 Å². The zero-order valence-corrected chi connectivity index (χ0v) is 10.1. The molecule has 2 aromatic carbocycles. The van der Waals surface area contributed by atoms with Crippen LogP contribution in [0.5, 0.6) is 5.75 Å². The van der Waals surface area contributed by atoms with Crippen molar-refractivity contribution >= 4 is 23.0 Å². The van der Waals surface area contributed by atoms with Gasteiger partial charge >= 0.3 is 0 Å². The van der Waals surface area contributed by atoms with Gasteiger partial charge in [0.1, 0.15) is 5.75 Å². The molecule has 2 nitrogen and oxygen atoms in total. The Balaban J connectivity index is 2.07. The first-order valence-corrected chi connectivity index (χ1v) is 5.90. The quantitative estimate of drug-likeness (QED) is 0.795. The van der Waals surface area contributed by atoms with Gasteiger partial charge in [-0.25, -0.2) is 0 Å². The third-order valence-electron chi connectivity index (χ3n) is 3.08. The summed E-state index contributed by atoms with van der Waals surface area (Å²) in [4.78, 5) is 4.55. The van der Waals surface area contributed by atoms with Gasteiger partial charge in [-0.2, -0.15) is 0 Å². The fourth-order valence-corrected chi connectivity index (χ4v) is 2.15. The second kappa shape index (κ2) is 4.15. The number of fused-ring (bicyclic) bond motifs is 1. The van der Waals surface area contributed by atoms with E-state index in [9.17, 15) is 5.11 Å². The molecule has 0 radical (unpaired) electrons. The maximum absolute atomic E-state index is 9.28. The van der Waals surface area contributed by atoms with E-state index in [1.807, 2.05) is 37.3 Å². The first-order chi connectivity index (χ1) is 8.74. The summed E-state index contributed by atoms with van der Waals surface area (Å²) in [6, 6.07) is 15.3. The average molecular weight is 235 g/mol. The Bertz CT molecular complexity index is 651.